The second kappa shape index (κ2) is 8.75. The number of aliphatic hydroxyl groups is 1. The summed E-state index contributed by atoms with van der Waals surface area (Å²) in [6, 6.07) is 2.10. The Bertz CT molecular complexity index is 957. The zero-order valence-corrected chi connectivity index (χ0v) is 17.7. The van der Waals surface area contributed by atoms with Crippen LogP contribution in [0.2, 0.25) is 0 Å². The largest absolute Gasteiger partial charge is 0.496 e. The number of pyridine rings is 1. The smallest absolute Gasteiger partial charge is 0.145 e. The number of imidazole rings is 1. The molecule has 3 aromatic rings. The van der Waals surface area contributed by atoms with Crippen molar-refractivity contribution in [1.82, 2.24) is 24.7 Å². The molecule has 29 heavy (non-hydrogen) atoms. The Kier molecular flexibility index (Phi) is 6.34. The molecule has 0 bridgehead atoms. The van der Waals surface area contributed by atoms with E-state index in [1.165, 1.54) is 0 Å². The Labute approximate surface area is 171 Å². The molecule has 1 atom stereocenters. The first kappa shape index (κ1) is 21.0. The molecule has 0 aliphatic carbocycles. The molecule has 3 heterocycles. The van der Waals surface area contributed by atoms with Gasteiger partial charge in [-0.3, -0.25) is 9.38 Å². The van der Waals surface area contributed by atoms with E-state index in [4.69, 9.17) is 9.72 Å². The lowest BCUT2D eigenvalue weighted by molar-refractivity contribution is 0.0752. The lowest BCUT2D eigenvalue weighted by Gasteiger charge is -2.21. The average molecular weight is 399 g/mol. The number of nitrogens with one attached hydrogen (secondary N) is 2. The Hall–Kier alpha value is -2.71. The molecule has 0 saturated carbocycles. The molecule has 0 aromatic carbocycles. The molecule has 156 valence electrons. The van der Waals surface area contributed by atoms with Crippen molar-refractivity contribution in [3.05, 3.63) is 36.4 Å². The first-order valence-electron chi connectivity index (χ1n) is 9.88. The summed E-state index contributed by atoms with van der Waals surface area (Å²) in [6.45, 7) is 6.48. The van der Waals surface area contributed by atoms with Gasteiger partial charge in [0.1, 0.15) is 22.9 Å². The predicted molar refractivity (Wildman–Crippen MR) is 114 cm³/mol. The summed E-state index contributed by atoms with van der Waals surface area (Å²) in [5.74, 6) is 1.32. The number of likely N-dealkylation sites (N-methyl/N-ethyl adjacent to an activating group) is 1. The maximum Gasteiger partial charge on any atom is 0.145 e. The number of nitrogens with zero attached hydrogens (tertiary/aromatic N) is 4. The molecule has 0 amide bonds. The molecule has 0 radical (unpaired) electrons. The van der Waals surface area contributed by atoms with Crippen LogP contribution < -0.4 is 15.4 Å². The fraction of sp³-hybridized carbons (Fsp3) is 0.476. The van der Waals surface area contributed by atoms with E-state index in [1.807, 2.05) is 23.7 Å². The van der Waals surface area contributed by atoms with Crippen LogP contribution in [0.25, 0.3) is 17.0 Å². The van der Waals surface area contributed by atoms with Crippen LogP contribution in [-0.2, 0) is 5.60 Å². The van der Waals surface area contributed by atoms with Crippen molar-refractivity contribution in [2.24, 2.45) is 0 Å². The topological polar surface area (TPSA) is 96.6 Å². The van der Waals surface area contributed by atoms with Crippen LogP contribution in [0.1, 0.15) is 39.2 Å². The highest BCUT2D eigenvalue weighted by molar-refractivity contribution is 5.63. The van der Waals surface area contributed by atoms with Crippen molar-refractivity contribution < 1.29 is 9.84 Å². The molecule has 0 aliphatic heterocycles. The number of hydrogen-bond acceptors (Lipinski definition) is 7. The molecule has 8 heteroatoms. The van der Waals surface area contributed by atoms with Crippen LogP contribution in [0, 0.1) is 0 Å². The number of aromatic nitrogens is 4. The van der Waals surface area contributed by atoms with Crippen molar-refractivity contribution in [2.75, 3.05) is 26.0 Å². The maximum atomic E-state index is 10.5. The van der Waals surface area contributed by atoms with Gasteiger partial charge in [0.2, 0.25) is 0 Å². The number of hydrogen-bond donors (Lipinski definition) is 3. The van der Waals surface area contributed by atoms with Gasteiger partial charge in [-0.05, 0) is 27.3 Å². The Balaban J connectivity index is 2.00. The SMILES string of the molecule is CCCC(CNC)Nc1cncc(-c2cnc3cc(OC)c(C(C)(C)O)cn23)n1. The van der Waals surface area contributed by atoms with Crippen LogP contribution in [0.4, 0.5) is 5.82 Å². The summed E-state index contributed by atoms with van der Waals surface area (Å²) in [4.78, 5) is 13.6. The van der Waals surface area contributed by atoms with E-state index in [0.29, 0.717) is 22.7 Å². The molecule has 3 aromatic heterocycles. The minimum Gasteiger partial charge on any atom is -0.496 e. The van der Waals surface area contributed by atoms with Crippen LogP contribution in [0.5, 0.6) is 5.75 Å². The van der Waals surface area contributed by atoms with E-state index in [-0.39, 0.29) is 6.04 Å². The molecule has 0 aliphatic rings. The molecule has 1 unspecified atom stereocenters. The van der Waals surface area contributed by atoms with Crippen LogP contribution in [-0.4, -0.2) is 51.2 Å². The van der Waals surface area contributed by atoms with Gasteiger partial charge in [-0.25, -0.2) is 9.97 Å². The molecular weight excluding hydrogens is 368 g/mol. The Morgan fingerprint density at radius 1 is 1.28 bits per heavy atom. The highest BCUT2D eigenvalue weighted by Gasteiger charge is 2.23. The van der Waals surface area contributed by atoms with Gasteiger partial charge in [0.25, 0.3) is 0 Å². The fourth-order valence-corrected chi connectivity index (χ4v) is 3.41. The second-order valence-corrected chi connectivity index (χ2v) is 7.66. The quantitative estimate of drug-likeness (QED) is 0.510. The first-order chi connectivity index (χ1) is 13.9. The lowest BCUT2D eigenvalue weighted by atomic mass is 9.99. The monoisotopic (exact) mass is 398 g/mol. The molecule has 0 spiro atoms. The van der Waals surface area contributed by atoms with Gasteiger partial charge in [-0.1, -0.05) is 13.3 Å². The highest BCUT2D eigenvalue weighted by atomic mass is 16.5. The minimum atomic E-state index is -1.06. The number of fused-ring (bicyclic) bond motifs is 1. The zero-order chi connectivity index (χ0) is 21.0. The molecule has 8 nitrogen and oxygen atoms in total. The number of rotatable bonds is 9. The summed E-state index contributed by atoms with van der Waals surface area (Å²) < 4.78 is 7.35. The number of ether oxygens (including phenoxy) is 1. The molecule has 0 fully saturated rings. The normalized spacial score (nSPS) is 12.9. The summed E-state index contributed by atoms with van der Waals surface area (Å²) >= 11 is 0. The molecule has 3 N–H and O–H groups in total. The van der Waals surface area contributed by atoms with E-state index >= 15 is 0 Å². The fourth-order valence-electron chi connectivity index (χ4n) is 3.41. The lowest BCUT2D eigenvalue weighted by Crippen LogP contribution is -2.31. The zero-order valence-electron chi connectivity index (χ0n) is 17.7. The van der Waals surface area contributed by atoms with Gasteiger partial charge < -0.3 is 20.5 Å². The summed E-state index contributed by atoms with van der Waals surface area (Å²) in [5.41, 5.74) is 1.82. The summed E-state index contributed by atoms with van der Waals surface area (Å²) in [6.07, 6.45) is 9.18. The Morgan fingerprint density at radius 3 is 2.72 bits per heavy atom. The third kappa shape index (κ3) is 4.65. The summed E-state index contributed by atoms with van der Waals surface area (Å²) in [7, 11) is 3.53. The first-order valence-corrected chi connectivity index (χ1v) is 9.88. The molecule has 3 rings (SSSR count). The van der Waals surface area contributed by atoms with Crippen molar-refractivity contribution in [2.45, 2.75) is 45.3 Å². The van der Waals surface area contributed by atoms with Crippen LogP contribution in [0.15, 0.2) is 30.9 Å². The molecule has 0 saturated heterocycles. The third-order valence-corrected chi connectivity index (χ3v) is 4.82. The van der Waals surface area contributed by atoms with Gasteiger partial charge in [0, 0.05) is 30.4 Å². The Morgan fingerprint density at radius 2 is 2.07 bits per heavy atom. The van der Waals surface area contributed by atoms with E-state index in [1.54, 1.807) is 39.5 Å². The van der Waals surface area contributed by atoms with Crippen molar-refractivity contribution in [3.63, 3.8) is 0 Å². The number of anilines is 1. The second-order valence-electron chi connectivity index (χ2n) is 7.66. The van der Waals surface area contributed by atoms with Gasteiger partial charge in [-0.2, -0.15) is 0 Å². The van der Waals surface area contributed by atoms with E-state index in [0.717, 1.165) is 30.9 Å². The van der Waals surface area contributed by atoms with E-state index in [2.05, 4.69) is 27.5 Å². The van der Waals surface area contributed by atoms with E-state index < -0.39 is 5.60 Å². The standard InChI is InChI=1S/C21H30N6O2/c1-6-7-14(9-22-4)25-19-12-23-10-16(26-19)17-11-24-20-8-18(29-5)15(13-27(17)20)21(2,3)28/h8,10-14,22,28H,6-7,9H2,1-5H3,(H,25,26). The average Bonchev–Trinajstić information content (AvgIpc) is 3.10. The van der Waals surface area contributed by atoms with Crippen LogP contribution >= 0.6 is 0 Å². The van der Waals surface area contributed by atoms with Gasteiger partial charge >= 0.3 is 0 Å². The van der Waals surface area contributed by atoms with Gasteiger partial charge in [0.05, 0.1) is 37.0 Å². The maximum absolute atomic E-state index is 10.5. The van der Waals surface area contributed by atoms with Crippen molar-refractivity contribution >= 4 is 11.5 Å². The highest BCUT2D eigenvalue weighted by Crippen LogP contribution is 2.32. The van der Waals surface area contributed by atoms with Gasteiger partial charge in [-0.15, -0.1) is 0 Å². The third-order valence-electron chi connectivity index (χ3n) is 4.82. The predicted octanol–water partition coefficient (Wildman–Crippen LogP) is 2.83. The van der Waals surface area contributed by atoms with Crippen molar-refractivity contribution in [1.29, 1.82) is 0 Å². The van der Waals surface area contributed by atoms with Gasteiger partial charge in [0.15, 0.2) is 0 Å². The van der Waals surface area contributed by atoms with Crippen LogP contribution in [0.3, 0.4) is 0 Å². The van der Waals surface area contributed by atoms with Crippen molar-refractivity contribution in [3.8, 4) is 17.1 Å². The van der Waals surface area contributed by atoms with E-state index in [9.17, 15) is 5.11 Å². The minimum absolute atomic E-state index is 0.280. The molecular formula is C21H30N6O2. The summed E-state index contributed by atoms with van der Waals surface area (Å²) in [5, 5.41) is 17.2. The number of methoxy groups -OCH3 is 1.